The fourth-order valence-electron chi connectivity index (χ4n) is 3.68. The van der Waals surface area contributed by atoms with Gasteiger partial charge in [0, 0.05) is 23.5 Å². The lowest BCUT2D eigenvalue weighted by molar-refractivity contribution is -0.274. The van der Waals surface area contributed by atoms with Crippen LogP contribution in [0.2, 0.25) is 0 Å². The number of halogens is 3. The van der Waals surface area contributed by atoms with Crippen molar-refractivity contribution >= 4 is 10.8 Å². The number of hydrogen-bond acceptors (Lipinski definition) is 5. The maximum absolute atomic E-state index is 12.3. The van der Waals surface area contributed by atoms with Gasteiger partial charge in [0.05, 0.1) is 25.8 Å². The van der Waals surface area contributed by atoms with Crippen molar-refractivity contribution < 1.29 is 32.5 Å². The van der Waals surface area contributed by atoms with Crippen molar-refractivity contribution in [3.63, 3.8) is 0 Å². The number of nitrogens with one attached hydrogen (secondary N) is 1. The van der Waals surface area contributed by atoms with Gasteiger partial charge < -0.3 is 29.2 Å². The van der Waals surface area contributed by atoms with E-state index < -0.39 is 6.36 Å². The van der Waals surface area contributed by atoms with E-state index in [2.05, 4.69) is 10.1 Å². The molecular weight excluding hydrogens is 413 g/mol. The molecule has 1 saturated heterocycles. The van der Waals surface area contributed by atoms with Crippen molar-refractivity contribution in [1.29, 1.82) is 0 Å². The zero-order chi connectivity index (χ0) is 22.0. The number of aromatic nitrogens is 1. The van der Waals surface area contributed by atoms with Crippen LogP contribution < -0.4 is 14.8 Å². The van der Waals surface area contributed by atoms with Crippen molar-refractivity contribution in [2.24, 2.45) is 0 Å². The highest BCUT2D eigenvalue weighted by Crippen LogP contribution is 2.34. The van der Waals surface area contributed by atoms with E-state index in [4.69, 9.17) is 9.47 Å². The van der Waals surface area contributed by atoms with Gasteiger partial charge in [0.1, 0.15) is 18.1 Å². The van der Waals surface area contributed by atoms with Crippen LogP contribution in [0.5, 0.6) is 17.4 Å². The molecule has 0 radical (unpaired) electrons. The summed E-state index contributed by atoms with van der Waals surface area (Å²) < 4.78 is 53.8. The van der Waals surface area contributed by atoms with Gasteiger partial charge in [-0.05, 0) is 42.3 Å². The number of hydrogen-bond donors (Lipinski definition) is 2. The fraction of sp³-hybridized carbons (Fsp3) is 0.364. The van der Waals surface area contributed by atoms with Crippen LogP contribution in [0.15, 0.2) is 42.6 Å². The minimum absolute atomic E-state index is 0.0945. The summed E-state index contributed by atoms with van der Waals surface area (Å²) in [5.74, 6) is 0.508. The van der Waals surface area contributed by atoms with Gasteiger partial charge in [-0.3, -0.25) is 0 Å². The average molecular weight is 436 g/mol. The number of nitrogens with zero attached hydrogens (tertiary/aromatic N) is 1. The van der Waals surface area contributed by atoms with Crippen molar-refractivity contribution in [2.45, 2.75) is 25.9 Å². The van der Waals surface area contributed by atoms with E-state index in [-0.39, 0.29) is 17.7 Å². The Morgan fingerprint density at radius 2 is 1.97 bits per heavy atom. The zero-order valence-corrected chi connectivity index (χ0v) is 16.9. The number of morpholine rings is 1. The number of fused-ring (bicyclic) bond motifs is 1. The molecule has 1 aliphatic rings. The van der Waals surface area contributed by atoms with Crippen LogP contribution in [0.1, 0.15) is 11.1 Å². The highest BCUT2D eigenvalue weighted by Gasteiger charge is 2.31. The van der Waals surface area contributed by atoms with Crippen LogP contribution in [-0.2, 0) is 11.3 Å². The molecule has 1 unspecified atom stereocenters. The molecule has 2 heterocycles. The van der Waals surface area contributed by atoms with E-state index in [0.717, 1.165) is 23.1 Å². The van der Waals surface area contributed by atoms with Crippen molar-refractivity contribution in [1.82, 2.24) is 9.88 Å². The van der Waals surface area contributed by atoms with Gasteiger partial charge in [0.25, 0.3) is 0 Å². The number of alkyl halides is 3. The largest absolute Gasteiger partial charge is 0.573 e. The molecule has 1 fully saturated rings. The maximum atomic E-state index is 12.3. The first-order valence-electron chi connectivity index (χ1n) is 9.89. The van der Waals surface area contributed by atoms with E-state index in [1.165, 1.54) is 24.3 Å². The Morgan fingerprint density at radius 1 is 1.19 bits per heavy atom. The second-order valence-electron chi connectivity index (χ2n) is 7.51. The lowest BCUT2D eigenvalue weighted by Gasteiger charge is -2.23. The van der Waals surface area contributed by atoms with Gasteiger partial charge in [0.15, 0.2) is 5.88 Å². The second kappa shape index (κ2) is 8.68. The van der Waals surface area contributed by atoms with Crippen molar-refractivity contribution in [2.75, 3.05) is 26.4 Å². The summed E-state index contributed by atoms with van der Waals surface area (Å²) >= 11 is 0. The third-order valence-corrected chi connectivity index (χ3v) is 5.09. The molecule has 3 aromatic rings. The molecule has 1 atom stereocenters. The zero-order valence-electron chi connectivity index (χ0n) is 16.9. The first kappa shape index (κ1) is 21.3. The Labute approximate surface area is 177 Å². The molecule has 0 aliphatic carbocycles. The summed E-state index contributed by atoms with van der Waals surface area (Å²) in [5.41, 5.74) is 1.59. The number of ether oxygens (including phenoxy) is 3. The minimum atomic E-state index is -4.73. The van der Waals surface area contributed by atoms with Crippen LogP contribution in [0.4, 0.5) is 13.2 Å². The topological polar surface area (TPSA) is 64.9 Å². The van der Waals surface area contributed by atoms with E-state index in [1.54, 1.807) is 10.8 Å². The van der Waals surface area contributed by atoms with E-state index in [1.807, 2.05) is 19.1 Å². The van der Waals surface area contributed by atoms with Crippen molar-refractivity contribution in [3.8, 4) is 17.4 Å². The predicted octanol–water partition coefficient (Wildman–Crippen LogP) is 3.97. The Kier molecular flexibility index (Phi) is 5.97. The Hall–Kier alpha value is -2.91. The summed E-state index contributed by atoms with van der Waals surface area (Å²) in [6, 6.07) is 9.44. The summed E-state index contributed by atoms with van der Waals surface area (Å²) in [7, 11) is 0. The maximum Gasteiger partial charge on any atom is 0.573 e. The molecule has 1 aliphatic heterocycles. The molecule has 6 nitrogen and oxygen atoms in total. The van der Waals surface area contributed by atoms with Gasteiger partial charge in [0.2, 0.25) is 0 Å². The van der Waals surface area contributed by atoms with Crippen LogP contribution >= 0.6 is 0 Å². The highest BCUT2D eigenvalue weighted by atomic mass is 19.4. The fourth-order valence-corrected chi connectivity index (χ4v) is 3.68. The molecule has 9 heteroatoms. The smallest absolute Gasteiger partial charge is 0.494 e. The van der Waals surface area contributed by atoms with Crippen LogP contribution in [0.3, 0.4) is 0 Å². The molecule has 166 valence electrons. The van der Waals surface area contributed by atoms with E-state index in [9.17, 15) is 18.3 Å². The monoisotopic (exact) mass is 436 g/mol. The number of rotatable bonds is 6. The molecule has 2 aromatic carbocycles. The summed E-state index contributed by atoms with van der Waals surface area (Å²) in [6.45, 7) is 4.77. The van der Waals surface area contributed by atoms with Gasteiger partial charge in [-0.1, -0.05) is 12.1 Å². The van der Waals surface area contributed by atoms with E-state index in [0.29, 0.717) is 37.5 Å². The molecule has 0 saturated carbocycles. The van der Waals surface area contributed by atoms with E-state index >= 15 is 0 Å². The number of benzene rings is 2. The first-order chi connectivity index (χ1) is 14.8. The van der Waals surface area contributed by atoms with Gasteiger partial charge in [-0.25, -0.2) is 0 Å². The molecular formula is C22H23F3N2O4. The molecule has 0 spiro atoms. The normalized spacial score (nSPS) is 17.1. The average Bonchev–Trinajstić information content (AvgIpc) is 3.03. The summed E-state index contributed by atoms with van der Waals surface area (Å²) in [4.78, 5) is 0. The lowest BCUT2D eigenvalue weighted by Crippen LogP contribution is -2.44. The van der Waals surface area contributed by atoms with Crippen LogP contribution in [0, 0.1) is 6.92 Å². The van der Waals surface area contributed by atoms with Crippen molar-refractivity contribution in [3.05, 3.63) is 53.7 Å². The predicted molar refractivity (Wildman–Crippen MR) is 109 cm³/mol. The summed E-state index contributed by atoms with van der Waals surface area (Å²) in [5, 5.41) is 15.5. The molecule has 0 amide bonds. The Balaban J connectivity index is 1.49. The third kappa shape index (κ3) is 5.23. The van der Waals surface area contributed by atoms with Gasteiger partial charge in [-0.15, -0.1) is 13.2 Å². The molecule has 1 aromatic heterocycles. The minimum Gasteiger partial charge on any atom is -0.494 e. The van der Waals surface area contributed by atoms with Crippen LogP contribution in [0.25, 0.3) is 10.8 Å². The van der Waals surface area contributed by atoms with Gasteiger partial charge in [-0.2, -0.15) is 0 Å². The SMILES string of the molecule is Cc1cc(OCC2COCCN2)cc2cn(Cc3ccc(OC(F)(F)F)cc3)c(O)c12. The molecule has 4 rings (SSSR count). The number of aromatic hydroxyl groups is 1. The highest BCUT2D eigenvalue weighted by molar-refractivity contribution is 5.92. The molecule has 31 heavy (non-hydrogen) atoms. The Morgan fingerprint density at radius 3 is 2.65 bits per heavy atom. The third-order valence-electron chi connectivity index (χ3n) is 5.09. The van der Waals surface area contributed by atoms with Gasteiger partial charge >= 0.3 is 6.36 Å². The molecule has 2 N–H and O–H groups in total. The standard InChI is InChI=1S/C22H23F3N2O4/c1-14-8-19(30-13-17-12-29-7-6-26-17)9-16-11-27(21(28)20(14)16)10-15-2-4-18(5-3-15)31-22(23,24)25/h2-5,8-9,11,17,26,28H,6-7,10,12-13H2,1H3. The summed E-state index contributed by atoms with van der Waals surface area (Å²) in [6.07, 6.45) is -2.93. The first-order valence-corrected chi connectivity index (χ1v) is 9.89. The van der Waals surface area contributed by atoms with Crippen LogP contribution in [-0.4, -0.2) is 48.4 Å². The molecule has 0 bridgehead atoms. The number of aryl methyl sites for hydroxylation is 1. The Bertz CT molecular complexity index is 1040. The lowest BCUT2D eigenvalue weighted by atomic mass is 10.1. The second-order valence-corrected chi connectivity index (χ2v) is 7.51. The quantitative estimate of drug-likeness (QED) is 0.612.